The van der Waals surface area contributed by atoms with Gasteiger partial charge in [0.1, 0.15) is 5.69 Å². The molecule has 112 valence electrons. The molecular weight excluding hydrogens is 280 g/mol. The molecule has 0 fully saturated rings. The van der Waals surface area contributed by atoms with Crippen LogP contribution in [0.4, 0.5) is 0 Å². The van der Waals surface area contributed by atoms with Crippen LogP contribution in [-0.4, -0.2) is 27.2 Å². The van der Waals surface area contributed by atoms with Gasteiger partial charge in [0.25, 0.3) is 11.5 Å². The summed E-state index contributed by atoms with van der Waals surface area (Å²) in [4.78, 5) is 22.7. The number of rotatable bonds is 5. The van der Waals surface area contributed by atoms with E-state index in [2.05, 4.69) is 44.5 Å². The van der Waals surface area contributed by atoms with Gasteiger partial charge < -0.3 is 9.88 Å². The van der Waals surface area contributed by atoms with Gasteiger partial charge in [-0.3, -0.25) is 9.59 Å². The number of amides is 1. The number of hydrogen-bond donors (Lipinski definition) is 2. The number of benzene rings is 1. The maximum Gasteiger partial charge on any atom is 0.271 e. The van der Waals surface area contributed by atoms with Crippen LogP contribution in [0.25, 0.3) is 10.9 Å². The molecule has 0 bridgehead atoms. The smallest absolute Gasteiger partial charge is 0.271 e. The van der Waals surface area contributed by atoms with Gasteiger partial charge in [-0.05, 0) is 30.0 Å². The molecule has 1 aromatic carbocycles. The van der Waals surface area contributed by atoms with Crippen LogP contribution in [0.15, 0.2) is 53.5 Å². The molecule has 0 spiro atoms. The fourth-order valence-corrected chi connectivity index (χ4v) is 2.35. The molecule has 1 amide bonds. The summed E-state index contributed by atoms with van der Waals surface area (Å²) in [6.45, 7) is 1.37. The maximum atomic E-state index is 11.8. The second-order valence-corrected chi connectivity index (χ2v) is 4.98. The molecule has 3 rings (SSSR count). The van der Waals surface area contributed by atoms with Crippen molar-refractivity contribution in [2.75, 3.05) is 6.54 Å². The van der Waals surface area contributed by atoms with Crippen molar-refractivity contribution in [3.8, 4) is 0 Å². The summed E-state index contributed by atoms with van der Waals surface area (Å²) in [6, 6.07) is 13.0. The minimum atomic E-state index is -0.323. The quantitative estimate of drug-likeness (QED) is 0.701. The van der Waals surface area contributed by atoms with Gasteiger partial charge >= 0.3 is 0 Å². The Morgan fingerprint density at radius 3 is 2.86 bits per heavy atom. The molecule has 0 radical (unpaired) electrons. The number of nitrogens with one attached hydrogen (secondary N) is 2. The van der Waals surface area contributed by atoms with Gasteiger partial charge in [-0.25, -0.2) is 5.10 Å². The predicted molar refractivity (Wildman–Crippen MR) is 83.7 cm³/mol. The first-order valence-corrected chi connectivity index (χ1v) is 7.12. The number of aromatic amines is 1. The van der Waals surface area contributed by atoms with Crippen molar-refractivity contribution >= 4 is 16.8 Å². The molecule has 2 aromatic heterocycles. The van der Waals surface area contributed by atoms with Crippen LogP contribution in [0.2, 0.25) is 0 Å². The van der Waals surface area contributed by atoms with E-state index in [1.807, 2.05) is 12.1 Å². The maximum absolute atomic E-state index is 11.8. The third-order valence-electron chi connectivity index (χ3n) is 3.45. The lowest BCUT2D eigenvalue weighted by Crippen LogP contribution is -2.27. The lowest BCUT2D eigenvalue weighted by molar-refractivity contribution is 0.0946. The van der Waals surface area contributed by atoms with E-state index in [4.69, 9.17) is 0 Å². The van der Waals surface area contributed by atoms with E-state index >= 15 is 0 Å². The molecule has 0 atom stereocenters. The molecule has 2 heterocycles. The summed E-state index contributed by atoms with van der Waals surface area (Å²) in [5.74, 6) is -0.284. The SMILES string of the molecule is O=C(NCCCn1ccc2ccccc21)c1ccc(=O)[nH]n1. The Balaban J connectivity index is 1.52. The van der Waals surface area contributed by atoms with Crippen molar-refractivity contribution in [1.82, 2.24) is 20.1 Å². The summed E-state index contributed by atoms with van der Waals surface area (Å²) in [5.41, 5.74) is 1.08. The number of nitrogens with zero attached hydrogens (tertiary/aromatic N) is 2. The predicted octanol–water partition coefficient (Wildman–Crippen LogP) is 1.54. The number of para-hydroxylation sites is 1. The molecule has 0 unspecified atom stereocenters. The van der Waals surface area contributed by atoms with Crippen LogP contribution in [0.3, 0.4) is 0 Å². The third-order valence-corrected chi connectivity index (χ3v) is 3.45. The number of H-pyrrole nitrogens is 1. The Bertz CT molecular complexity index is 830. The number of carbonyl (C=O) groups excluding carboxylic acids is 1. The van der Waals surface area contributed by atoms with Gasteiger partial charge in [-0.2, -0.15) is 5.10 Å². The number of aromatic nitrogens is 3. The Morgan fingerprint density at radius 2 is 2.05 bits per heavy atom. The molecule has 3 aromatic rings. The van der Waals surface area contributed by atoms with Crippen molar-refractivity contribution in [2.45, 2.75) is 13.0 Å². The number of carbonyl (C=O) groups is 1. The molecule has 22 heavy (non-hydrogen) atoms. The van der Waals surface area contributed by atoms with E-state index in [9.17, 15) is 9.59 Å². The van der Waals surface area contributed by atoms with E-state index in [1.54, 1.807) is 0 Å². The van der Waals surface area contributed by atoms with Gasteiger partial charge in [0, 0.05) is 30.9 Å². The van der Waals surface area contributed by atoms with Crippen LogP contribution in [0, 0.1) is 0 Å². The van der Waals surface area contributed by atoms with Crippen molar-refractivity contribution in [3.63, 3.8) is 0 Å². The molecule has 0 saturated carbocycles. The molecule has 0 aliphatic rings. The van der Waals surface area contributed by atoms with Crippen LogP contribution in [-0.2, 0) is 6.54 Å². The first-order chi connectivity index (χ1) is 10.7. The highest BCUT2D eigenvalue weighted by atomic mass is 16.2. The van der Waals surface area contributed by atoms with E-state index in [0.717, 1.165) is 13.0 Å². The van der Waals surface area contributed by atoms with E-state index in [1.165, 1.54) is 23.0 Å². The van der Waals surface area contributed by atoms with Gasteiger partial charge in [-0.15, -0.1) is 0 Å². The van der Waals surface area contributed by atoms with Crippen LogP contribution in [0.5, 0.6) is 0 Å². The molecular formula is C16H16N4O2. The molecule has 0 aliphatic heterocycles. The average molecular weight is 296 g/mol. The van der Waals surface area contributed by atoms with Crippen LogP contribution < -0.4 is 10.9 Å². The zero-order valence-electron chi connectivity index (χ0n) is 12.0. The highest BCUT2D eigenvalue weighted by Crippen LogP contribution is 2.15. The average Bonchev–Trinajstić information content (AvgIpc) is 2.95. The van der Waals surface area contributed by atoms with Gasteiger partial charge in [0.2, 0.25) is 0 Å². The number of aryl methyl sites for hydroxylation is 1. The Labute approximate surface area is 126 Å². The summed E-state index contributed by atoms with van der Waals surface area (Å²) in [5, 5.41) is 9.94. The number of fused-ring (bicyclic) bond motifs is 1. The molecule has 0 aliphatic carbocycles. The van der Waals surface area contributed by atoms with Gasteiger partial charge in [0.15, 0.2) is 0 Å². The Morgan fingerprint density at radius 1 is 1.18 bits per heavy atom. The monoisotopic (exact) mass is 296 g/mol. The first-order valence-electron chi connectivity index (χ1n) is 7.12. The minimum Gasteiger partial charge on any atom is -0.351 e. The Hall–Kier alpha value is -2.89. The standard InChI is InChI=1S/C16H16N4O2/c21-15-7-6-13(18-19-15)16(22)17-9-3-10-20-11-8-12-4-1-2-5-14(12)20/h1-2,4-8,11H,3,9-10H2,(H,17,22)(H,19,21). The van der Waals surface area contributed by atoms with Crippen molar-refractivity contribution in [2.24, 2.45) is 0 Å². The normalized spacial score (nSPS) is 10.7. The van der Waals surface area contributed by atoms with E-state index < -0.39 is 0 Å². The zero-order valence-corrected chi connectivity index (χ0v) is 12.0. The topological polar surface area (TPSA) is 79.8 Å². The van der Waals surface area contributed by atoms with E-state index in [0.29, 0.717) is 6.54 Å². The lowest BCUT2D eigenvalue weighted by atomic mass is 10.2. The fourth-order valence-electron chi connectivity index (χ4n) is 2.35. The largest absolute Gasteiger partial charge is 0.351 e. The third kappa shape index (κ3) is 3.06. The molecule has 2 N–H and O–H groups in total. The summed E-state index contributed by atoms with van der Waals surface area (Å²) < 4.78 is 2.17. The van der Waals surface area contributed by atoms with Gasteiger partial charge in [0.05, 0.1) is 0 Å². The fraction of sp³-hybridized carbons (Fsp3) is 0.188. The Kier molecular flexibility index (Phi) is 4.00. The summed E-state index contributed by atoms with van der Waals surface area (Å²) in [6.07, 6.45) is 2.86. The second kappa shape index (κ2) is 6.26. The summed E-state index contributed by atoms with van der Waals surface area (Å²) in [7, 11) is 0. The first kappa shape index (κ1) is 14.1. The van der Waals surface area contributed by atoms with E-state index in [-0.39, 0.29) is 17.2 Å². The zero-order chi connectivity index (χ0) is 15.4. The van der Waals surface area contributed by atoms with Crippen molar-refractivity contribution < 1.29 is 4.79 Å². The highest BCUT2D eigenvalue weighted by Gasteiger charge is 2.06. The second-order valence-electron chi connectivity index (χ2n) is 4.98. The van der Waals surface area contributed by atoms with Crippen molar-refractivity contribution in [1.29, 1.82) is 0 Å². The van der Waals surface area contributed by atoms with Crippen molar-refractivity contribution in [3.05, 3.63) is 64.7 Å². The van der Waals surface area contributed by atoms with Crippen LogP contribution in [0.1, 0.15) is 16.9 Å². The molecule has 6 heteroatoms. The summed E-state index contributed by atoms with van der Waals surface area (Å²) >= 11 is 0. The number of hydrogen-bond acceptors (Lipinski definition) is 3. The molecule has 6 nitrogen and oxygen atoms in total. The lowest BCUT2D eigenvalue weighted by Gasteiger charge is -2.07. The van der Waals surface area contributed by atoms with Crippen LogP contribution >= 0.6 is 0 Å². The van der Waals surface area contributed by atoms with Gasteiger partial charge in [-0.1, -0.05) is 18.2 Å². The minimum absolute atomic E-state index is 0.214. The highest BCUT2D eigenvalue weighted by molar-refractivity contribution is 5.91. The molecule has 0 saturated heterocycles.